The smallest absolute Gasteiger partial charge is 0.233 e. The Kier molecular flexibility index (Phi) is 6.23. The molecule has 146 valence electrons. The van der Waals surface area contributed by atoms with Crippen LogP contribution in [0.2, 0.25) is 5.02 Å². The Morgan fingerprint density at radius 1 is 1.37 bits per heavy atom. The van der Waals surface area contributed by atoms with Crippen molar-refractivity contribution in [2.75, 3.05) is 11.6 Å². The van der Waals surface area contributed by atoms with Gasteiger partial charge in [-0.25, -0.2) is 13.4 Å². The quantitative estimate of drug-likeness (QED) is 0.718. The van der Waals surface area contributed by atoms with Crippen LogP contribution in [0.25, 0.3) is 0 Å². The summed E-state index contributed by atoms with van der Waals surface area (Å²) in [4.78, 5) is 17.4. The molecule has 1 aromatic heterocycles. The summed E-state index contributed by atoms with van der Waals surface area (Å²) in [5, 5.41) is 5.53. The molecule has 1 aromatic carbocycles. The molecule has 1 saturated carbocycles. The molecule has 0 aliphatic heterocycles. The molecule has 8 heteroatoms. The fraction of sp³-hybridized carbons (Fsp3) is 0.474. The number of benzene rings is 1. The van der Waals surface area contributed by atoms with E-state index in [0.29, 0.717) is 11.0 Å². The van der Waals surface area contributed by atoms with Gasteiger partial charge in [-0.2, -0.15) is 0 Å². The van der Waals surface area contributed by atoms with E-state index in [4.69, 9.17) is 11.6 Å². The summed E-state index contributed by atoms with van der Waals surface area (Å²) in [6, 6.07) is 4.81. The molecule has 27 heavy (non-hydrogen) atoms. The van der Waals surface area contributed by atoms with Crippen molar-refractivity contribution in [2.24, 2.45) is 5.92 Å². The summed E-state index contributed by atoms with van der Waals surface area (Å²) in [5.41, 5.74) is 1.60. The lowest BCUT2D eigenvalue weighted by molar-refractivity contribution is -0.118. The fourth-order valence-corrected chi connectivity index (χ4v) is 5.64. The number of aromatic nitrogens is 1. The van der Waals surface area contributed by atoms with Crippen LogP contribution in [0.1, 0.15) is 49.3 Å². The van der Waals surface area contributed by atoms with Gasteiger partial charge in [0, 0.05) is 11.6 Å². The van der Waals surface area contributed by atoms with E-state index in [0.717, 1.165) is 36.8 Å². The maximum Gasteiger partial charge on any atom is 0.233 e. The molecule has 1 atom stereocenters. The third-order valence-corrected chi connectivity index (χ3v) is 7.42. The highest BCUT2D eigenvalue weighted by atomic mass is 35.5. The third-order valence-electron chi connectivity index (χ3n) is 4.97. The number of carbonyl (C=O) groups is 1. The van der Waals surface area contributed by atoms with Crippen LogP contribution in [0.4, 0.5) is 5.13 Å². The van der Waals surface area contributed by atoms with Crippen LogP contribution >= 0.6 is 22.9 Å². The number of hydrogen-bond donors (Lipinski definition) is 1. The van der Waals surface area contributed by atoms with Gasteiger partial charge >= 0.3 is 0 Å². The Labute approximate surface area is 169 Å². The lowest BCUT2D eigenvalue weighted by Crippen LogP contribution is -2.23. The van der Waals surface area contributed by atoms with Gasteiger partial charge in [0.15, 0.2) is 15.0 Å². The maximum atomic E-state index is 13.0. The van der Waals surface area contributed by atoms with Crippen LogP contribution < -0.4 is 5.32 Å². The minimum Gasteiger partial charge on any atom is -0.301 e. The molecular weight excluding hydrogens is 404 g/mol. The topological polar surface area (TPSA) is 76.1 Å². The second kappa shape index (κ2) is 8.29. The van der Waals surface area contributed by atoms with Gasteiger partial charge in [-0.05, 0) is 37.0 Å². The lowest BCUT2D eigenvalue weighted by Gasteiger charge is -2.20. The molecule has 3 rings (SSSR count). The molecule has 1 aliphatic carbocycles. The summed E-state index contributed by atoms with van der Waals surface area (Å²) in [6.45, 7) is 1.88. The number of anilines is 1. The van der Waals surface area contributed by atoms with Gasteiger partial charge in [0.25, 0.3) is 0 Å². The first-order chi connectivity index (χ1) is 12.7. The Bertz CT molecular complexity index is 934. The highest BCUT2D eigenvalue weighted by Crippen LogP contribution is 2.36. The first kappa shape index (κ1) is 20.3. The zero-order chi connectivity index (χ0) is 19.6. The van der Waals surface area contributed by atoms with E-state index in [1.165, 1.54) is 30.2 Å². The average Bonchev–Trinajstić information content (AvgIpc) is 3.23. The van der Waals surface area contributed by atoms with Crippen LogP contribution in [0.3, 0.4) is 0 Å². The second-order valence-corrected chi connectivity index (χ2v) is 10.4. The average molecular weight is 427 g/mol. The summed E-state index contributed by atoms with van der Waals surface area (Å²) in [7, 11) is -3.41. The number of nitrogens with one attached hydrogen (secondary N) is 1. The number of nitrogens with zero attached hydrogens (tertiary/aromatic N) is 1. The normalized spacial score (nSPS) is 16.4. The SMILES string of the molecule is Cc1csc(NC(=O)[C@H](CC2CCCC2)c2ccc(S(C)(=O)=O)c(Cl)c2)n1. The summed E-state index contributed by atoms with van der Waals surface area (Å²) in [5.74, 6) is -0.0185. The van der Waals surface area contributed by atoms with E-state index in [-0.39, 0.29) is 21.7 Å². The van der Waals surface area contributed by atoms with Crippen molar-refractivity contribution in [3.8, 4) is 0 Å². The largest absolute Gasteiger partial charge is 0.301 e. The van der Waals surface area contributed by atoms with E-state index in [9.17, 15) is 13.2 Å². The third kappa shape index (κ3) is 5.09. The van der Waals surface area contributed by atoms with E-state index in [2.05, 4.69) is 10.3 Å². The van der Waals surface area contributed by atoms with Crippen molar-refractivity contribution in [2.45, 2.75) is 49.8 Å². The zero-order valence-electron chi connectivity index (χ0n) is 15.4. The van der Waals surface area contributed by atoms with Gasteiger partial charge < -0.3 is 5.32 Å². The molecule has 1 aliphatic rings. The van der Waals surface area contributed by atoms with Crippen LogP contribution in [0.15, 0.2) is 28.5 Å². The van der Waals surface area contributed by atoms with Gasteiger partial charge in [-0.1, -0.05) is 43.4 Å². The monoisotopic (exact) mass is 426 g/mol. The van der Waals surface area contributed by atoms with Crippen molar-refractivity contribution in [1.29, 1.82) is 0 Å². The molecule has 1 amide bonds. The minimum atomic E-state index is -3.41. The summed E-state index contributed by atoms with van der Waals surface area (Å²) < 4.78 is 23.6. The highest BCUT2D eigenvalue weighted by Gasteiger charge is 2.28. The number of hydrogen-bond acceptors (Lipinski definition) is 5. The Hall–Kier alpha value is -1.44. The van der Waals surface area contributed by atoms with Crippen molar-refractivity contribution >= 4 is 43.8 Å². The number of thiazole rings is 1. The number of aryl methyl sites for hydroxylation is 1. The van der Waals surface area contributed by atoms with Gasteiger partial charge in [-0.15, -0.1) is 11.3 Å². The van der Waals surface area contributed by atoms with E-state index in [1.54, 1.807) is 12.1 Å². The van der Waals surface area contributed by atoms with Crippen LogP contribution in [-0.2, 0) is 14.6 Å². The second-order valence-electron chi connectivity index (χ2n) is 7.18. The van der Waals surface area contributed by atoms with Crippen molar-refractivity contribution in [3.63, 3.8) is 0 Å². The molecule has 1 fully saturated rings. The summed E-state index contributed by atoms with van der Waals surface area (Å²) in [6.07, 6.45) is 6.48. The molecular formula is C19H23ClN2O3S2. The molecule has 0 saturated heterocycles. The molecule has 0 spiro atoms. The number of carbonyl (C=O) groups excluding carboxylic acids is 1. The molecule has 2 aromatic rings. The van der Waals surface area contributed by atoms with Crippen molar-refractivity contribution < 1.29 is 13.2 Å². The molecule has 1 N–H and O–H groups in total. The number of sulfone groups is 1. The first-order valence-corrected chi connectivity index (χ1v) is 12.1. The van der Waals surface area contributed by atoms with Gasteiger partial charge in [0.1, 0.15) is 0 Å². The molecule has 1 heterocycles. The molecule has 0 bridgehead atoms. The van der Waals surface area contributed by atoms with E-state index < -0.39 is 9.84 Å². The Morgan fingerprint density at radius 3 is 2.63 bits per heavy atom. The number of rotatable bonds is 6. The van der Waals surface area contributed by atoms with Crippen molar-refractivity contribution in [3.05, 3.63) is 39.9 Å². The van der Waals surface area contributed by atoms with Gasteiger partial charge in [0.05, 0.1) is 21.5 Å². The fourth-order valence-electron chi connectivity index (χ4n) is 3.61. The number of halogens is 1. The molecule has 0 unspecified atom stereocenters. The highest BCUT2D eigenvalue weighted by molar-refractivity contribution is 7.90. The number of amides is 1. The molecule has 0 radical (unpaired) electrons. The van der Waals surface area contributed by atoms with Gasteiger partial charge in [-0.3, -0.25) is 4.79 Å². The first-order valence-electron chi connectivity index (χ1n) is 8.96. The van der Waals surface area contributed by atoms with Crippen LogP contribution in [0, 0.1) is 12.8 Å². The minimum absolute atomic E-state index is 0.0866. The van der Waals surface area contributed by atoms with Gasteiger partial charge in [0.2, 0.25) is 5.91 Å². The molecule has 5 nitrogen and oxygen atoms in total. The lowest BCUT2D eigenvalue weighted by atomic mass is 9.87. The van der Waals surface area contributed by atoms with E-state index in [1.807, 2.05) is 12.3 Å². The Morgan fingerprint density at radius 2 is 2.07 bits per heavy atom. The Balaban J connectivity index is 1.89. The van der Waals surface area contributed by atoms with Crippen LogP contribution in [-0.4, -0.2) is 25.6 Å². The van der Waals surface area contributed by atoms with E-state index >= 15 is 0 Å². The predicted octanol–water partition coefficient (Wildman–Crippen LogP) is 4.81. The zero-order valence-corrected chi connectivity index (χ0v) is 17.8. The van der Waals surface area contributed by atoms with Crippen LogP contribution in [0.5, 0.6) is 0 Å². The standard InChI is InChI=1S/C19H23ClN2O3S2/c1-12-11-26-19(21-12)22-18(23)15(9-13-5-3-4-6-13)14-7-8-17(16(20)10-14)27(2,24)25/h7-8,10-11,13,15H,3-6,9H2,1-2H3,(H,21,22,23)/t15-/m1/s1. The van der Waals surface area contributed by atoms with Crippen molar-refractivity contribution in [1.82, 2.24) is 4.98 Å². The predicted molar refractivity (Wildman–Crippen MR) is 109 cm³/mol. The summed E-state index contributed by atoms with van der Waals surface area (Å²) >= 11 is 7.62. The maximum absolute atomic E-state index is 13.0.